The fourth-order valence-electron chi connectivity index (χ4n) is 4.97. The Morgan fingerprint density at radius 2 is 1.90 bits per heavy atom. The lowest BCUT2D eigenvalue weighted by Crippen LogP contribution is -2.51. The summed E-state index contributed by atoms with van der Waals surface area (Å²) in [6.07, 6.45) is 0.460. The Hall–Kier alpha value is -2.67. The summed E-state index contributed by atoms with van der Waals surface area (Å²) in [4.78, 5) is 26.2. The number of rotatable bonds is 4. The van der Waals surface area contributed by atoms with Crippen molar-refractivity contribution in [1.82, 2.24) is 4.90 Å². The highest BCUT2D eigenvalue weighted by Gasteiger charge is 2.49. The molecule has 3 aliphatic rings. The number of carbonyl (C=O) groups excluding carboxylic acids is 1. The molecule has 29 heavy (non-hydrogen) atoms. The van der Waals surface area contributed by atoms with Crippen LogP contribution in [0.15, 0.2) is 48.5 Å². The van der Waals surface area contributed by atoms with Crippen LogP contribution >= 0.6 is 0 Å². The first-order chi connectivity index (χ1) is 13.7. The van der Waals surface area contributed by atoms with Crippen molar-refractivity contribution in [3.8, 4) is 5.75 Å². The number of fused-ring (bicyclic) bond motifs is 2. The topological polar surface area (TPSA) is 72.7 Å². The maximum absolute atomic E-state index is 13.0. The first-order valence-corrected chi connectivity index (χ1v) is 13.8. The van der Waals surface area contributed by atoms with E-state index >= 15 is 0 Å². The maximum atomic E-state index is 13.0. The van der Waals surface area contributed by atoms with Gasteiger partial charge in [-0.2, -0.15) is 0 Å². The molecule has 0 saturated carbocycles. The minimum Gasteiger partial charge on any atom is -0.410 e. The van der Waals surface area contributed by atoms with E-state index in [1.807, 2.05) is 24.3 Å². The van der Waals surface area contributed by atoms with E-state index in [1.165, 1.54) is 0 Å². The summed E-state index contributed by atoms with van der Waals surface area (Å²) in [5.41, 5.74) is 1.93. The van der Waals surface area contributed by atoms with Gasteiger partial charge in [-0.25, -0.2) is 4.79 Å². The quantitative estimate of drug-likeness (QED) is 0.374. The van der Waals surface area contributed by atoms with Crippen molar-refractivity contribution in [3.05, 3.63) is 69.8 Å². The molecule has 2 bridgehead atoms. The summed E-state index contributed by atoms with van der Waals surface area (Å²) in [5.74, 6) is 0.851. The number of hydrogen-bond donors (Lipinski definition) is 0. The van der Waals surface area contributed by atoms with E-state index in [1.54, 1.807) is 29.2 Å². The molecular weight excluding hydrogens is 384 g/mol. The third-order valence-electron chi connectivity index (χ3n) is 5.97. The number of piperidine rings is 1. The van der Waals surface area contributed by atoms with Gasteiger partial charge >= 0.3 is 6.09 Å². The molecule has 2 aromatic rings. The van der Waals surface area contributed by atoms with Crippen molar-refractivity contribution in [2.24, 2.45) is 5.92 Å². The molecule has 152 valence electrons. The van der Waals surface area contributed by atoms with E-state index < -0.39 is 8.07 Å². The smallest absolute Gasteiger partial charge is 0.410 e. The van der Waals surface area contributed by atoms with E-state index in [2.05, 4.69) is 19.6 Å². The van der Waals surface area contributed by atoms with Crippen molar-refractivity contribution in [3.63, 3.8) is 0 Å². The van der Waals surface area contributed by atoms with Crippen molar-refractivity contribution in [2.75, 3.05) is 6.54 Å². The number of nitro benzene ring substituents is 1. The fourth-order valence-corrected chi connectivity index (χ4v) is 7.00. The van der Waals surface area contributed by atoms with Gasteiger partial charge in [0.05, 0.1) is 11.0 Å². The zero-order valence-electron chi connectivity index (χ0n) is 17.0. The van der Waals surface area contributed by atoms with Crippen LogP contribution < -0.4 is 4.74 Å². The zero-order chi connectivity index (χ0) is 20.8. The molecule has 0 aromatic heterocycles. The van der Waals surface area contributed by atoms with Crippen LogP contribution in [-0.4, -0.2) is 30.5 Å². The Kier molecular flexibility index (Phi) is 4.94. The van der Waals surface area contributed by atoms with Crippen molar-refractivity contribution < 1.29 is 14.5 Å². The van der Waals surface area contributed by atoms with Crippen LogP contribution in [0.2, 0.25) is 25.7 Å². The Balaban J connectivity index is 1.69. The summed E-state index contributed by atoms with van der Waals surface area (Å²) in [5, 5.41) is 11.7. The molecule has 2 aliphatic heterocycles. The van der Waals surface area contributed by atoms with E-state index in [-0.39, 0.29) is 28.7 Å². The number of nitrogens with zero attached hydrogens (tertiary/aromatic N) is 2. The van der Waals surface area contributed by atoms with Gasteiger partial charge in [-0.05, 0) is 30.0 Å². The third kappa shape index (κ3) is 3.79. The van der Waals surface area contributed by atoms with E-state index in [0.717, 1.165) is 23.6 Å². The maximum Gasteiger partial charge on any atom is 0.415 e. The molecule has 1 saturated heterocycles. The standard InChI is InChI=1S/C22H26N2O4Si/c1-29(2,3)14-15-12-20-17-10-7-11-19(24(26)27)21(17)18(15)13-23(20)22(25)28-16-8-5-4-6-9-16/h4-11,15,18,20H,12-14H2,1-3H3. The summed E-state index contributed by atoms with van der Waals surface area (Å²) in [6.45, 7) is 7.47. The molecule has 3 unspecified atom stereocenters. The van der Waals surface area contributed by atoms with Crippen molar-refractivity contribution in [2.45, 2.75) is 44.1 Å². The Bertz CT molecular complexity index is 942. The predicted molar refractivity (Wildman–Crippen MR) is 114 cm³/mol. The van der Waals surface area contributed by atoms with Crippen LogP contribution in [-0.2, 0) is 0 Å². The summed E-state index contributed by atoms with van der Waals surface area (Å²) in [6, 6.07) is 15.2. The van der Waals surface area contributed by atoms with Crippen LogP contribution in [0.3, 0.4) is 0 Å². The SMILES string of the molecule is C[Si](C)(C)CC1CC2c3cccc([N+](=O)[O-])c3C1CN2C(=O)Oc1ccccc1. The molecule has 1 aliphatic carbocycles. The Morgan fingerprint density at radius 3 is 2.55 bits per heavy atom. The van der Waals surface area contributed by atoms with Gasteiger partial charge in [0, 0.05) is 32.2 Å². The zero-order valence-corrected chi connectivity index (χ0v) is 18.0. The number of amides is 1. The van der Waals surface area contributed by atoms with Crippen LogP contribution in [0.4, 0.5) is 10.5 Å². The molecule has 3 atom stereocenters. The molecule has 2 aromatic carbocycles. The number of para-hydroxylation sites is 1. The summed E-state index contributed by atoms with van der Waals surface area (Å²) < 4.78 is 5.60. The lowest BCUT2D eigenvalue weighted by molar-refractivity contribution is -0.386. The molecule has 5 rings (SSSR count). The van der Waals surface area contributed by atoms with Gasteiger partial charge < -0.3 is 9.64 Å². The van der Waals surface area contributed by atoms with Crippen LogP contribution in [0.5, 0.6) is 5.75 Å². The Labute approximate surface area is 171 Å². The molecule has 6 nitrogen and oxygen atoms in total. The molecule has 0 radical (unpaired) electrons. The monoisotopic (exact) mass is 410 g/mol. The lowest BCUT2D eigenvalue weighted by Gasteiger charge is -2.50. The van der Waals surface area contributed by atoms with Crippen molar-refractivity contribution in [1.29, 1.82) is 0 Å². The molecule has 2 heterocycles. The van der Waals surface area contributed by atoms with E-state index in [0.29, 0.717) is 18.2 Å². The average Bonchev–Trinajstić information content (AvgIpc) is 2.67. The van der Waals surface area contributed by atoms with Gasteiger partial charge in [0.1, 0.15) is 5.75 Å². The van der Waals surface area contributed by atoms with Gasteiger partial charge in [-0.3, -0.25) is 10.1 Å². The largest absolute Gasteiger partial charge is 0.415 e. The molecule has 1 amide bonds. The molecule has 0 N–H and O–H groups in total. The number of carbonyl (C=O) groups is 1. The van der Waals surface area contributed by atoms with Crippen LogP contribution in [0, 0.1) is 16.0 Å². The van der Waals surface area contributed by atoms with E-state index in [4.69, 9.17) is 4.74 Å². The first-order valence-electron chi connectivity index (χ1n) is 10.1. The summed E-state index contributed by atoms with van der Waals surface area (Å²) >= 11 is 0. The molecule has 0 spiro atoms. The second-order valence-corrected chi connectivity index (χ2v) is 14.8. The average molecular weight is 411 g/mol. The predicted octanol–water partition coefficient (Wildman–Crippen LogP) is 5.59. The van der Waals surface area contributed by atoms with Gasteiger partial charge in [0.15, 0.2) is 0 Å². The summed E-state index contributed by atoms with van der Waals surface area (Å²) in [7, 11) is -1.36. The minimum atomic E-state index is -1.36. The molecule has 7 heteroatoms. The van der Waals surface area contributed by atoms with Gasteiger partial charge in [-0.1, -0.05) is 56.0 Å². The van der Waals surface area contributed by atoms with Crippen molar-refractivity contribution >= 4 is 19.9 Å². The third-order valence-corrected chi connectivity index (χ3v) is 7.71. The second-order valence-electron chi connectivity index (χ2n) is 9.25. The minimum absolute atomic E-state index is 0.0216. The normalized spacial score (nSPS) is 22.9. The Morgan fingerprint density at radius 1 is 1.17 bits per heavy atom. The number of benzene rings is 2. The highest BCUT2D eigenvalue weighted by atomic mass is 28.3. The molecular formula is C22H26N2O4Si. The number of hydrogen-bond acceptors (Lipinski definition) is 4. The fraction of sp³-hybridized carbons (Fsp3) is 0.409. The van der Waals surface area contributed by atoms with E-state index in [9.17, 15) is 14.9 Å². The molecule has 1 fully saturated rings. The number of ether oxygens (including phenoxy) is 1. The number of nitro groups is 1. The first kappa shape index (κ1) is 19.6. The second kappa shape index (κ2) is 7.30. The van der Waals surface area contributed by atoms with Crippen LogP contribution in [0.1, 0.15) is 29.5 Å². The van der Waals surface area contributed by atoms with Gasteiger partial charge in [-0.15, -0.1) is 0 Å². The lowest BCUT2D eigenvalue weighted by atomic mass is 9.68. The highest BCUT2D eigenvalue weighted by molar-refractivity contribution is 6.76. The van der Waals surface area contributed by atoms with Gasteiger partial charge in [0.2, 0.25) is 0 Å². The van der Waals surface area contributed by atoms with Crippen LogP contribution in [0.25, 0.3) is 0 Å². The van der Waals surface area contributed by atoms with Gasteiger partial charge in [0.25, 0.3) is 5.69 Å². The highest BCUT2D eigenvalue weighted by Crippen LogP contribution is 2.54.